The molecule has 0 bridgehead atoms. The first-order valence-electron chi connectivity index (χ1n) is 7.16. The van der Waals surface area contributed by atoms with Gasteiger partial charge in [-0.1, -0.05) is 0 Å². The summed E-state index contributed by atoms with van der Waals surface area (Å²) in [5.41, 5.74) is 0.630. The van der Waals surface area contributed by atoms with Crippen LogP contribution in [0.25, 0.3) is 11.5 Å². The highest BCUT2D eigenvalue weighted by atomic mass is 32.2. The smallest absolute Gasteiger partial charge is 0.247 e. The largest absolute Gasteiger partial charge is 0.419 e. The van der Waals surface area contributed by atoms with Gasteiger partial charge in [-0.3, -0.25) is 4.90 Å². The molecule has 1 aromatic carbocycles. The number of sulfone groups is 1. The van der Waals surface area contributed by atoms with Crippen molar-refractivity contribution in [3.63, 3.8) is 0 Å². The third-order valence-electron chi connectivity index (χ3n) is 3.99. The predicted molar refractivity (Wildman–Crippen MR) is 84.9 cm³/mol. The summed E-state index contributed by atoms with van der Waals surface area (Å²) in [6.45, 7) is 3.84. The summed E-state index contributed by atoms with van der Waals surface area (Å²) >= 11 is 0. The lowest BCUT2D eigenvalue weighted by Crippen LogP contribution is -2.40. The van der Waals surface area contributed by atoms with Gasteiger partial charge in [0.2, 0.25) is 11.8 Å². The van der Waals surface area contributed by atoms with Crippen LogP contribution in [0.3, 0.4) is 0 Å². The lowest BCUT2D eigenvalue weighted by Gasteiger charge is -2.27. The van der Waals surface area contributed by atoms with Crippen molar-refractivity contribution in [2.45, 2.75) is 31.7 Å². The molecule has 23 heavy (non-hydrogen) atoms. The molecule has 0 radical (unpaired) electrons. The Kier molecular flexibility index (Phi) is 5.16. The number of hydrogen-bond acceptors (Lipinski definition) is 6. The zero-order chi connectivity index (χ0) is 17.2. The average Bonchev–Trinajstić information content (AvgIpc) is 2.93. The van der Waals surface area contributed by atoms with Crippen LogP contribution in [0.4, 0.5) is 4.39 Å². The minimum absolute atomic E-state index is 0.203. The lowest BCUT2D eigenvalue weighted by molar-refractivity contribution is 0.223. The fourth-order valence-electron chi connectivity index (χ4n) is 2.10. The van der Waals surface area contributed by atoms with E-state index in [-0.39, 0.29) is 11.9 Å². The van der Waals surface area contributed by atoms with E-state index in [1.165, 1.54) is 18.4 Å². The van der Waals surface area contributed by atoms with Gasteiger partial charge in [-0.2, -0.15) is 0 Å². The molecule has 126 valence electrons. The maximum atomic E-state index is 12.9. The molecule has 1 heterocycles. The SMILES string of the molecule is CC(C(C)S(C)(=O)=O)N(C)Cc1nnc(-c2ccc(F)cc2)o1. The molecule has 0 amide bonds. The summed E-state index contributed by atoms with van der Waals surface area (Å²) in [6, 6.07) is 5.56. The predicted octanol–water partition coefficient (Wildman–Crippen LogP) is 2.13. The molecule has 0 saturated heterocycles. The third kappa shape index (κ3) is 4.35. The van der Waals surface area contributed by atoms with Crippen molar-refractivity contribution in [3.05, 3.63) is 36.0 Å². The van der Waals surface area contributed by atoms with Crippen molar-refractivity contribution in [3.8, 4) is 11.5 Å². The zero-order valence-corrected chi connectivity index (χ0v) is 14.3. The van der Waals surface area contributed by atoms with Crippen molar-refractivity contribution in [2.75, 3.05) is 13.3 Å². The fourth-order valence-corrected chi connectivity index (χ4v) is 3.02. The van der Waals surface area contributed by atoms with E-state index in [1.807, 2.05) is 11.8 Å². The molecule has 0 fully saturated rings. The second kappa shape index (κ2) is 6.76. The molecule has 2 unspecified atom stereocenters. The van der Waals surface area contributed by atoms with Gasteiger partial charge >= 0.3 is 0 Å². The summed E-state index contributed by atoms with van der Waals surface area (Å²) in [4.78, 5) is 1.84. The van der Waals surface area contributed by atoms with Gasteiger partial charge < -0.3 is 4.42 Å². The maximum Gasteiger partial charge on any atom is 0.247 e. The van der Waals surface area contributed by atoms with Crippen LogP contribution in [0.15, 0.2) is 28.7 Å². The normalized spacial score (nSPS) is 14.9. The molecule has 1 aromatic heterocycles. The molecule has 0 aliphatic rings. The van der Waals surface area contributed by atoms with E-state index in [0.717, 1.165) is 0 Å². The Morgan fingerprint density at radius 3 is 2.39 bits per heavy atom. The average molecular weight is 341 g/mol. The van der Waals surface area contributed by atoms with Crippen LogP contribution in [0.1, 0.15) is 19.7 Å². The molecule has 0 aliphatic heterocycles. The van der Waals surface area contributed by atoms with Crippen LogP contribution in [-0.2, 0) is 16.4 Å². The summed E-state index contributed by atoms with van der Waals surface area (Å²) in [7, 11) is -1.33. The number of benzene rings is 1. The maximum absolute atomic E-state index is 12.9. The topological polar surface area (TPSA) is 76.3 Å². The first kappa shape index (κ1) is 17.6. The summed E-state index contributed by atoms with van der Waals surface area (Å²) in [5.74, 6) is 0.341. The van der Waals surface area contributed by atoms with E-state index in [0.29, 0.717) is 23.9 Å². The van der Waals surface area contributed by atoms with Crippen molar-refractivity contribution >= 4 is 9.84 Å². The van der Waals surface area contributed by atoms with Gasteiger partial charge in [0.05, 0.1) is 11.8 Å². The minimum atomic E-state index is -3.13. The fraction of sp³-hybridized carbons (Fsp3) is 0.467. The second-order valence-corrected chi connectivity index (χ2v) is 8.10. The summed E-state index contributed by atoms with van der Waals surface area (Å²) in [5, 5.41) is 7.39. The number of aromatic nitrogens is 2. The Morgan fingerprint density at radius 1 is 1.22 bits per heavy atom. The molecule has 6 nitrogen and oxygen atoms in total. The Balaban J connectivity index is 2.08. The first-order valence-corrected chi connectivity index (χ1v) is 9.11. The Morgan fingerprint density at radius 2 is 1.83 bits per heavy atom. The number of halogens is 1. The van der Waals surface area contributed by atoms with Gasteiger partial charge in [0.1, 0.15) is 5.82 Å². The highest BCUT2D eigenvalue weighted by molar-refractivity contribution is 7.91. The molecule has 0 aliphatic carbocycles. The number of hydrogen-bond donors (Lipinski definition) is 0. The monoisotopic (exact) mass is 341 g/mol. The van der Waals surface area contributed by atoms with Crippen molar-refractivity contribution in [1.82, 2.24) is 15.1 Å². The molecule has 2 aromatic rings. The Labute approximate surface area is 135 Å². The van der Waals surface area contributed by atoms with Crippen LogP contribution >= 0.6 is 0 Å². The highest BCUT2D eigenvalue weighted by Crippen LogP contribution is 2.19. The van der Waals surface area contributed by atoms with Gasteiger partial charge in [0.15, 0.2) is 9.84 Å². The van der Waals surface area contributed by atoms with E-state index in [2.05, 4.69) is 10.2 Å². The van der Waals surface area contributed by atoms with E-state index >= 15 is 0 Å². The summed E-state index contributed by atoms with van der Waals surface area (Å²) < 4.78 is 41.8. The van der Waals surface area contributed by atoms with Crippen molar-refractivity contribution in [1.29, 1.82) is 0 Å². The van der Waals surface area contributed by atoms with Crippen LogP contribution in [0.5, 0.6) is 0 Å². The van der Waals surface area contributed by atoms with Crippen molar-refractivity contribution < 1.29 is 17.2 Å². The van der Waals surface area contributed by atoms with E-state index < -0.39 is 15.1 Å². The minimum Gasteiger partial charge on any atom is -0.419 e. The molecule has 2 rings (SSSR count). The van der Waals surface area contributed by atoms with E-state index in [1.54, 1.807) is 26.1 Å². The molecular formula is C15H20FN3O3S. The lowest BCUT2D eigenvalue weighted by atomic mass is 10.2. The van der Waals surface area contributed by atoms with Crippen LogP contribution in [0.2, 0.25) is 0 Å². The third-order valence-corrected chi connectivity index (χ3v) is 5.74. The summed E-state index contributed by atoms with van der Waals surface area (Å²) in [6.07, 6.45) is 1.22. The van der Waals surface area contributed by atoms with Crippen molar-refractivity contribution in [2.24, 2.45) is 0 Å². The molecule has 8 heteroatoms. The van der Waals surface area contributed by atoms with Gasteiger partial charge in [-0.25, -0.2) is 12.8 Å². The molecule has 0 spiro atoms. The van der Waals surface area contributed by atoms with Crippen LogP contribution in [0, 0.1) is 5.82 Å². The molecular weight excluding hydrogens is 321 g/mol. The molecule has 2 atom stereocenters. The quantitative estimate of drug-likeness (QED) is 0.801. The van der Waals surface area contributed by atoms with Gasteiger partial charge in [-0.15, -0.1) is 10.2 Å². The molecule has 0 N–H and O–H groups in total. The first-order chi connectivity index (χ1) is 10.7. The van der Waals surface area contributed by atoms with Crippen LogP contribution < -0.4 is 0 Å². The second-order valence-electron chi connectivity index (χ2n) is 5.70. The highest BCUT2D eigenvalue weighted by Gasteiger charge is 2.26. The van der Waals surface area contributed by atoms with E-state index in [9.17, 15) is 12.8 Å². The Bertz CT molecular complexity index is 759. The Hall–Kier alpha value is -1.80. The van der Waals surface area contributed by atoms with Gasteiger partial charge in [-0.05, 0) is 45.2 Å². The van der Waals surface area contributed by atoms with E-state index in [4.69, 9.17) is 4.42 Å². The number of rotatable bonds is 6. The number of nitrogens with zero attached hydrogens (tertiary/aromatic N) is 3. The van der Waals surface area contributed by atoms with Crippen LogP contribution in [-0.4, -0.2) is 48.1 Å². The standard InChI is InChI=1S/C15H20FN3O3S/c1-10(11(2)23(4,20)21)19(3)9-14-17-18-15(22-14)12-5-7-13(16)8-6-12/h5-8,10-11H,9H2,1-4H3. The zero-order valence-electron chi connectivity index (χ0n) is 13.5. The van der Waals surface area contributed by atoms with Gasteiger partial charge in [0, 0.05) is 17.9 Å². The molecule has 0 saturated carbocycles. The van der Waals surface area contributed by atoms with Gasteiger partial charge in [0.25, 0.3) is 0 Å².